The summed E-state index contributed by atoms with van der Waals surface area (Å²) < 4.78 is 12.5. The number of amides is 2. The Bertz CT molecular complexity index is 2810. The Balaban J connectivity index is 1.08. The van der Waals surface area contributed by atoms with E-state index in [2.05, 4.69) is 71.8 Å². The van der Waals surface area contributed by atoms with Gasteiger partial charge in [-0.15, -0.1) is 0 Å². The van der Waals surface area contributed by atoms with Crippen LogP contribution in [0.3, 0.4) is 0 Å². The lowest BCUT2D eigenvalue weighted by molar-refractivity contribution is -0.134. The lowest BCUT2D eigenvalue weighted by Crippen LogP contribution is -2.53. The van der Waals surface area contributed by atoms with Crippen LogP contribution < -0.4 is 20.1 Å². The topological polar surface area (TPSA) is 76.7 Å². The molecule has 0 aliphatic heterocycles. The summed E-state index contributed by atoms with van der Waals surface area (Å²) >= 11 is 0. The number of nitrogens with one attached hydrogen (secondary N) is 2. The van der Waals surface area contributed by atoms with Gasteiger partial charge in [0, 0.05) is 45.5 Å². The zero-order valence-electron chi connectivity index (χ0n) is 47.5. The summed E-state index contributed by atoms with van der Waals surface area (Å²) in [5.41, 5.74) is 6.45. The molecule has 1 aliphatic carbocycles. The van der Waals surface area contributed by atoms with Crippen molar-refractivity contribution in [1.82, 2.24) is 0 Å². The first-order valence-electron chi connectivity index (χ1n) is 29.9. The van der Waals surface area contributed by atoms with Crippen molar-refractivity contribution in [3.63, 3.8) is 0 Å². The molecule has 0 saturated heterocycles. The molecule has 0 atom stereocenters. The summed E-state index contributed by atoms with van der Waals surface area (Å²) in [5, 5.41) is 6.47. The van der Waals surface area contributed by atoms with Gasteiger partial charge in [0.15, 0.2) is 0 Å². The van der Waals surface area contributed by atoms with Gasteiger partial charge in [-0.2, -0.15) is 0 Å². The van der Waals surface area contributed by atoms with Crippen LogP contribution in [-0.4, -0.2) is 25.0 Å². The average molecular weight is 1060 g/mol. The number of hydrogen-bond acceptors (Lipinski definition) is 4. The lowest BCUT2D eigenvalue weighted by atomic mass is 9.52. The largest absolute Gasteiger partial charge is 0.494 e. The van der Waals surface area contributed by atoms with Gasteiger partial charge in [-0.3, -0.25) is 9.59 Å². The van der Waals surface area contributed by atoms with Crippen LogP contribution in [0.25, 0.3) is 0 Å². The molecule has 6 aromatic carbocycles. The van der Waals surface area contributed by atoms with Crippen LogP contribution >= 0.6 is 0 Å². The quantitative estimate of drug-likeness (QED) is 0.0348. The molecule has 2 amide bonds. The molecule has 1 aliphatic rings. The Labute approximate surface area is 479 Å². The predicted octanol–water partition coefficient (Wildman–Crippen LogP) is 17.5. The SMILES string of the molecule is CCCCCCCCCCCCOc1ccc(C2C(C(=O)Nc3ccc(C#CC#Cc4ccccc4)cc3)C(c3ccc(OCCCCCCCCCCCC)cc3)C2C(=O)Nc2ccc(C#CC#Cc3ccccc3)cc2)cc1. The summed E-state index contributed by atoms with van der Waals surface area (Å²) in [6.45, 7) is 5.82. The van der Waals surface area contributed by atoms with Crippen LogP contribution in [0.15, 0.2) is 158 Å². The van der Waals surface area contributed by atoms with Gasteiger partial charge < -0.3 is 20.1 Å². The predicted molar refractivity (Wildman–Crippen MR) is 331 cm³/mol. The molecule has 7 rings (SSSR count). The first kappa shape index (κ1) is 59.8. The maximum atomic E-state index is 15.0. The number of rotatable bonds is 30. The van der Waals surface area contributed by atoms with Crippen molar-refractivity contribution in [2.75, 3.05) is 23.8 Å². The van der Waals surface area contributed by atoms with Crippen LogP contribution in [0.1, 0.15) is 187 Å². The molecule has 6 heteroatoms. The molecular weight excluding hydrogens is 981 g/mol. The maximum absolute atomic E-state index is 15.0. The van der Waals surface area contributed by atoms with Crippen molar-refractivity contribution in [2.24, 2.45) is 11.8 Å². The van der Waals surface area contributed by atoms with E-state index < -0.39 is 23.7 Å². The molecule has 6 aromatic rings. The van der Waals surface area contributed by atoms with Gasteiger partial charge in [0.2, 0.25) is 11.8 Å². The second kappa shape index (κ2) is 34.9. The molecule has 0 aromatic heterocycles. The van der Waals surface area contributed by atoms with Crippen molar-refractivity contribution >= 4 is 23.2 Å². The van der Waals surface area contributed by atoms with Crippen molar-refractivity contribution < 1.29 is 19.1 Å². The summed E-state index contributed by atoms with van der Waals surface area (Å²) in [7, 11) is 0. The van der Waals surface area contributed by atoms with E-state index in [1.807, 2.05) is 158 Å². The van der Waals surface area contributed by atoms with Gasteiger partial charge in [-0.05, 0) is 145 Å². The Morgan fingerprint density at radius 2 is 0.637 bits per heavy atom. The second-order valence-electron chi connectivity index (χ2n) is 21.2. The highest BCUT2D eigenvalue weighted by atomic mass is 16.5. The second-order valence-corrected chi connectivity index (χ2v) is 21.2. The minimum Gasteiger partial charge on any atom is -0.494 e. The highest BCUT2D eigenvalue weighted by Crippen LogP contribution is 2.58. The van der Waals surface area contributed by atoms with Gasteiger partial charge in [-0.25, -0.2) is 0 Å². The number of hydrogen-bond donors (Lipinski definition) is 2. The van der Waals surface area contributed by atoms with Gasteiger partial charge >= 0.3 is 0 Å². The molecule has 0 unspecified atom stereocenters. The van der Waals surface area contributed by atoms with Crippen LogP contribution in [0, 0.1) is 59.2 Å². The Hall–Kier alpha value is -7.90. The Morgan fingerprint density at radius 3 is 0.950 bits per heavy atom. The normalized spacial score (nSPS) is 14.9. The fraction of sp³-hybridized carbons (Fsp3) is 0.378. The van der Waals surface area contributed by atoms with Gasteiger partial charge in [0.1, 0.15) is 11.5 Å². The fourth-order valence-electron chi connectivity index (χ4n) is 10.5. The number of carbonyl (C=O) groups is 2. The molecule has 0 heterocycles. The highest BCUT2D eigenvalue weighted by molar-refractivity contribution is 6.01. The van der Waals surface area contributed by atoms with Gasteiger partial charge in [-0.1, -0.05) is 214 Å². The molecular formula is C74H82N2O4. The average Bonchev–Trinajstić information content (AvgIpc) is 3.66. The molecule has 1 fully saturated rings. The van der Waals surface area contributed by atoms with E-state index in [9.17, 15) is 9.59 Å². The molecule has 1 saturated carbocycles. The summed E-state index contributed by atoms with van der Waals surface area (Å²) in [4.78, 5) is 29.9. The van der Waals surface area contributed by atoms with E-state index in [1.54, 1.807) is 0 Å². The van der Waals surface area contributed by atoms with Crippen LogP contribution in [0.2, 0.25) is 0 Å². The van der Waals surface area contributed by atoms with Crippen LogP contribution in [0.4, 0.5) is 11.4 Å². The summed E-state index contributed by atoms with van der Waals surface area (Å²) in [5.74, 6) is 23.3. The van der Waals surface area contributed by atoms with E-state index in [0.717, 1.165) is 70.6 Å². The van der Waals surface area contributed by atoms with E-state index >= 15 is 0 Å². The zero-order chi connectivity index (χ0) is 55.7. The van der Waals surface area contributed by atoms with Gasteiger partial charge in [0.05, 0.1) is 25.0 Å². The summed E-state index contributed by atoms with van der Waals surface area (Å²) in [6, 6.07) is 50.6. The number of ether oxygens (including phenoxy) is 2. The minimum atomic E-state index is -0.593. The third kappa shape index (κ3) is 20.4. The third-order valence-corrected chi connectivity index (χ3v) is 15.0. The van der Waals surface area contributed by atoms with Crippen molar-refractivity contribution in [2.45, 2.75) is 154 Å². The molecule has 2 N–H and O–H groups in total. The van der Waals surface area contributed by atoms with E-state index in [-0.39, 0.29) is 11.8 Å². The van der Waals surface area contributed by atoms with Crippen molar-refractivity contribution in [1.29, 1.82) is 0 Å². The first-order chi connectivity index (χ1) is 39.5. The molecule has 6 nitrogen and oxygen atoms in total. The number of carbonyl (C=O) groups excluding carboxylic acids is 2. The van der Waals surface area contributed by atoms with Crippen molar-refractivity contribution in [3.05, 3.63) is 191 Å². The molecule has 0 radical (unpaired) electrons. The van der Waals surface area contributed by atoms with Crippen molar-refractivity contribution in [3.8, 4) is 58.9 Å². The molecule has 0 bridgehead atoms. The van der Waals surface area contributed by atoms with E-state index in [1.165, 1.54) is 103 Å². The van der Waals surface area contributed by atoms with E-state index in [4.69, 9.17) is 9.47 Å². The molecule has 0 spiro atoms. The standard InChI is InChI=1S/C74H82N2O4/c1-3-5-7-9-11-13-15-17-19-31-57-79-67-53-45-63(46-54-67)69-71(73(77)75-65-49-41-61(42-50-65)39-29-27-37-59-33-23-21-24-34-59)70(64-47-55-68(56-48-64)80-58-32-20-18-16-14-12-10-8-6-4-2)72(69)74(78)76-66-51-43-62(44-52-66)40-30-28-38-60-35-25-22-26-36-60/h21-26,33-36,41-56,69-72H,3-20,31-32,57-58H2,1-2H3,(H,75,77)(H,76,78). The third-order valence-electron chi connectivity index (χ3n) is 15.0. The minimum absolute atomic E-state index is 0.169. The van der Waals surface area contributed by atoms with Crippen LogP contribution in [-0.2, 0) is 9.59 Å². The lowest BCUT2D eigenvalue weighted by Gasteiger charge is -2.50. The maximum Gasteiger partial charge on any atom is 0.228 e. The summed E-state index contributed by atoms with van der Waals surface area (Å²) in [6.07, 6.45) is 25.3. The Kier molecular flexibility index (Phi) is 26.0. The zero-order valence-corrected chi connectivity index (χ0v) is 47.5. The monoisotopic (exact) mass is 1060 g/mol. The smallest absolute Gasteiger partial charge is 0.228 e. The number of unbranched alkanes of at least 4 members (excludes halogenated alkanes) is 18. The molecule has 80 heavy (non-hydrogen) atoms. The Morgan fingerprint density at radius 1 is 0.350 bits per heavy atom. The highest BCUT2D eigenvalue weighted by Gasteiger charge is 2.58. The van der Waals surface area contributed by atoms with Crippen LogP contribution in [0.5, 0.6) is 11.5 Å². The first-order valence-corrected chi connectivity index (χ1v) is 29.9. The molecule has 412 valence electrons. The number of benzene rings is 6. The van der Waals surface area contributed by atoms with E-state index in [0.29, 0.717) is 24.6 Å². The van der Waals surface area contributed by atoms with Gasteiger partial charge in [0.25, 0.3) is 0 Å². The fourth-order valence-corrected chi connectivity index (χ4v) is 10.5. The number of anilines is 2.